The fourth-order valence-electron chi connectivity index (χ4n) is 7.10. The number of fused-ring (bicyclic) bond motifs is 3. The van der Waals surface area contributed by atoms with E-state index < -0.39 is 70.5 Å². The number of primary amides is 1. The van der Waals surface area contributed by atoms with Gasteiger partial charge in [-0.05, 0) is 44.5 Å². The van der Waals surface area contributed by atoms with E-state index in [0.29, 0.717) is 16.8 Å². The average molecular weight is 545 g/mol. The van der Waals surface area contributed by atoms with Crippen LogP contribution in [0, 0.1) is 23.7 Å². The van der Waals surface area contributed by atoms with Gasteiger partial charge in [-0.25, -0.2) is 4.39 Å². The van der Waals surface area contributed by atoms with E-state index in [9.17, 15) is 38.6 Å². The van der Waals surface area contributed by atoms with Crippen molar-refractivity contribution in [3.05, 3.63) is 22.8 Å². The first-order valence-electron chi connectivity index (χ1n) is 13.0. The van der Waals surface area contributed by atoms with Crippen LogP contribution in [0.4, 0.5) is 10.1 Å². The summed E-state index contributed by atoms with van der Waals surface area (Å²) in [5, 5.41) is 22.9. The Kier molecular flexibility index (Phi) is 6.43. The second kappa shape index (κ2) is 9.17. The molecule has 0 aromatic heterocycles. The van der Waals surface area contributed by atoms with Crippen molar-refractivity contribution in [1.29, 1.82) is 0 Å². The molecule has 1 aromatic carbocycles. The zero-order valence-corrected chi connectivity index (χ0v) is 22.3. The molecule has 2 unspecified atom stereocenters. The van der Waals surface area contributed by atoms with Gasteiger partial charge in [0, 0.05) is 50.9 Å². The standard InChI is InChI=1S/C27H33FN4O7/c1-30(2)16-7-12(8-32-9-13(28)10-32)21(33)18-14(16)5-11-6-15-20(31(3)4)23(35)19(26(29)38)25(37)27(15,39)24(36)17(11)22(18)34/h7,11,13,15,17,19-20,33,39H,5-6,8-10H2,1-4H3,(H2,29,38)/t11-,15-,17?,19?,20-,27-/m0/s1. The van der Waals surface area contributed by atoms with Crippen molar-refractivity contribution in [2.45, 2.75) is 37.2 Å². The molecule has 0 spiro atoms. The first kappa shape index (κ1) is 27.4. The molecule has 210 valence electrons. The van der Waals surface area contributed by atoms with E-state index in [-0.39, 0.29) is 43.8 Å². The Bertz CT molecular complexity index is 1310. The lowest BCUT2D eigenvalue weighted by atomic mass is 9.52. The average Bonchev–Trinajstić information content (AvgIpc) is 2.81. The maximum absolute atomic E-state index is 14.0. The van der Waals surface area contributed by atoms with Gasteiger partial charge in [0.05, 0.1) is 17.5 Å². The highest BCUT2D eigenvalue weighted by Gasteiger charge is 2.69. The van der Waals surface area contributed by atoms with Crippen LogP contribution in [0.1, 0.15) is 27.9 Å². The quantitative estimate of drug-likeness (QED) is 0.396. The number of aliphatic hydroxyl groups is 1. The van der Waals surface area contributed by atoms with Crippen LogP contribution in [-0.2, 0) is 32.1 Å². The molecule has 3 aliphatic carbocycles. The second-order valence-corrected chi connectivity index (χ2v) is 11.7. The lowest BCUT2D eigenvalue weighted by molar-refractivity contribution is -0.181. The van der Waals surface area contributed by atoms with Crippen molar-refractivity contribution in [3.63, 3.8) is 0 Å². The lowest BCUT2D eigenvalue weighted by Crippen LogP contribution is -2.74. The van der Waals surface area contributed by atoms with Gasteiger partial charge in [0.15, 0.2) is 34.7 Å². The van der Waals surface area contributed by atoms with Gasteiger partial charge in [0.2, 0.25) is 5.91 Å². The van der Waals surface area contributed by atoms with E-state index in [0.717, 1.165) is 0 Å². The number of carbonyl (C=O) groups excluding carboxylic acids is 5. The first-order valence-corrected chi connectivity index (χ1v) is 13.0. The highest BCUT2D eigenvalue weighted by molar-refractivity contribution is 6.32. The Labute approximate surface area is 224 Å². The fourth-order valence-corrected chi connectivity index (χ4v) is 7.10. The van der Waals surface area contributed by atoms with Crippen LogP contribution in [-0.4, -0.2) is 108 Å². The van der Waals surface area contributed by atoms with E-state index in [1.54, 1.807) is 44.1 Å². The molecule has 2 saturated carbocycles. The lowest BCUT2D eigenvalue weighted by Gasteiger charge is -2.52. The molecular weight excluding hydrogens is 511 g/mol. The van der Waals surface area contributed by atoms with Crippen molar-refractivity contribution >= 4 is 34.7 Å². The summed E-state index contributed by atoms with van der Waals surface area (Å²) in [6, 6.07) is 0.605. The number of phenolic OH excluding ortho intramolecular Hbond substituents is 1. The molecular formula is C27H33FN4O7. The number of phenols is 1. The summed E-state index contributed by atoms with van der Waals surface area (Å²) in [5.41, 5.74) is 4.12. The molecule has 1 saturated heterocycles. The van der Waals surface area contributed by atoms with Gasteiger partial charge in [0.25, 0.3) is 0 Å². The first-order chi connectivity index (χ1) is 18.2. The summed E-state index contributed by atoms with van der Waals surface area (Å²) in [7, 11) is 6.65. The van der Waals surface area contributed by atoms with E-state index >= 15 is 0 Å². The molecule has 0 bridgehead atoms. The largest absolute Gasteiger partial charge is 0.507 e. The maximum atomic E-state index is 14.0. The number of hydrogen-bond acceptors (Lipinski definition) is 10. The van der Waals surface area contributed by atoms with Gasteiger partial charge >= 0.3 is 0 Å². The minimum atomic E-state index is -2.76. The Hall–Kier alpha value is -3.22. The van der Waals surface area contributed by atoms with Crippen molar-refractivity contribution in [1.82, 2.24) is 9.80 Å². The number of halogens is 1. The van der Waals surface area contributed by atoms with Gasteiger partial charge in [0.1, 0.15) is 11.9 Å². The SMILES string of the molecule is CN(C)c1cc(CN2CC(F)C2)c(O)c2c1C[C@H]1C[C@H]3[C@H](N(C)C)C(=O)C(C(N)=O)C(=O)[C@@]3(O)C(=O)C1C2=O. The molecule has 0 radical (unpaired) electrons. The van der Waals surface area contributed by atoms with Crippen LogP contribution < -0.4 is 10.6 Å². The summed E-state index contributed by atoms with van der Waals surface area (Å²) in [6.07, 6.45) is -0.779. The number of Topliss-reactive ketones (excluding diaryl/α,β-unsaturated/α-hetero) is 4. The van der Waals surface area contributed by atoms with Crippen molar-refractivity contribution < 1.29 is 38.6 Å². The topological polar surface area (TPSA) is 162 Å². The van der Waals surface area contributed by atoms with Crippen LogP contribution in [0.25, 0.3) is 0 Å². The predicted octanol–water partition coefficient (Wildman–Crippen LogP) is -0.913. The number of hydrogen-bond donors (Lipinski definition) is 3. The Morgan fingerprint density at radius 3 is 2.33 bits per heavy atom. The number of likely N-dealkylation sites (tertiary alicyclic amines) is 1. The highest BCUT2D eigenvalue weighted by atomic mass is 19.1. The van der Waals surface area contributed by atoms with Gasteiger partial charge in [-0.15, -0.1) is 0 Å². The van der Waals surface area contributed by atoms with Crippen LogP contribution in [0.3, 0.4) is 0 Å². The monoisotopic (exact) mass is 544 g/mol. The summed E-state index contributed by atoms with van der Waals surface area (Å²) in [5.74, 6) is -10.8. The van der Waals surface area contributed by atoms with Crippen LogP contribution in [0.2, 0.25) is 0 Å². The zero-order chi connectivity index (χ0) is 28.7. The highest BCUT2D eigenvalue weighted by Crippen LogP contribution is 2.52. The second-order valence-electron chi connectivity index (χ2n) is 11.7. The molecule has 3 fully saturated rings. The number of likely N-dealkylation sites (N-methyl/N-ethyl adjacent to an activating group) is 1. The molecule has 5 rings (SSSR count). The zero-order valence-electron chi connectivity index (χ0n) is 22.3. The third-order valence-corrected chi connectivity index (χ3v) is 8.91. The molecule has 39 heavy (non-hydrogen) atoms. The van der Waals surface area contributed by atoms with E-state index in [1.807, 2.05) is 0 Å². The Balaban J connectivity index is 1.62. The normalized spacial score (nSPS) is 32.9. The Morgan fingerprint density at radius 1 is 1.15 bits per heavy atom. The van der Waals surface area contributed by atoms with Gasteiger partial charge in [-0.1, -0.05) is 0 Å². The van der Waals surface area contributed by atoms with E-state index in [4.69, 9.17) is 5.73 Å². The number of amides is 1. The number of alkyl halides is 1. The Morgan fingerprint density at radius 2 is 1.79 bits per heavy atom. The predicted molar refractivity (Wildman–Crippen MR) is 136 cm³/mol. The number of nitrogens with zero attached hydrogens (tertiary/aromatic N) is 3. The summed E-state index contributed by atoms with van der Waals surface area (Å²) in [4.78, 5) is 71.6. The van der Waals surface area contributed by atoms with Gasteiger partial charge in [-0.2, -0.15) is 0 Å². The molecule has 11 nitrogen and oxygen atoms in total. The number of rotatable bonds is 5. The molecule has 4 N–H and O–H groups in total. The van der Waals surface area contributed by atoms with Gasteiger partial charge in [-0.3, -0.25) is 33.8 Å². The molecule has 1 aliphatic heterocycles. The van der Waals surface area contributed by atoms with Crippen molar-refractivity contribution in [2.24, 2.45) is 29.4 Å². The third-order valence-electron chi connectivity index (χ3n) is 8.91. The number of aromatic hydroxyl groups is 1. The number of benzene rings is 1. The maximum Gasteiger partial charge on any atom is 0.235 e. The number of ketones is 4. The molecule has 1 aromatic rings. The molecule has 4 aliphatic rings. The fraction of sp³-hybridized carbons (Fsp3) is 0.593. The van der Waals surface area contributed by atoms with Crippen LogP contribution in [0.5, 0.6) is 5.75 Å². The molecule has 1 amide bonds. The summed E-state index contributed by atoms with van der Waals surface area (Å²) < 4.78 is 13.4. The number of nitrogens with two attached hydrogens (primary N) is 1. The molecule has 1 heterocycles. The number of carbonyl (C=O) groups is 5. The van der Waals surface area contributed by atoms with E-state index in [2.05, 4.69) is 0 Å². The number of anilines is 1. The van der Waals surface area contributed by atoms with Gasteiger partial charge < -0.3 is 20.8 Å². The smallest absolute Gasteiger partial charge is 0.235 e. The molecule has 12 heteroatoms. The van der Waals surface area contributed by atoms with Crippen LogP contribution >= 0.6 is 0 Å². The van der Waals surface area contributed by atoms with Crippen molar-refractivity contribution in [2.75, 3.05) is 46.2 Å². The molecule has 6 atom stereocenters. The summed E-state index contributed by atoms with van der Waals surface area (Å²) >= 11 is 0. The minimum Gasteiger partial charge on any atom is -0.507 e. The third kappa shape index (κ3) is 3.83. The van der Waals surface area contributed by atoms with E-state index in [1.165, 1.54) is 4.90 Å². The van der Waals surface area contributed by atoms with Crippen LogP contribution in [0.15, 0.2) is 6.07 Å². The van der Waals surface area contributed by atoms with Crippen molar-refractivity contribution in [3.8, 4) is 5.75 Å². The summed E-state index contributed by atoms with van der Waals surface area (Å²) in [6.45, 7) is 0.607. The minimum absolute atomic E-state index is 0.00898.